The Morgan fingerprint density at radius 2 is 1.87 bits per heavy atom. The van der Waals surface area contributed by atoms with Gasteiger partial charge in [-0.05, 0) is 25.7 Å². The third-order valence-electron chi connectivity index (χ3n) is 2.63. The maximum Gasteiger partial charge on any atom is 0.0659 e. The lowest BCUT2D eigenvalue weighted by molar-refractivity contribution is 0.598. The van der Waals surface area contributed by atoms with E-state index in [-0.39, 0.29) is 5.92 Å². The highest BCUT2D eigenvalue weighted by molar-refractivity contribution is 4.91. The number of unbranched alkanes of at least 4 members (excludes halogenated alkanes) is 4. The van der Waals surface area contributed by atoms with Crippen LogP contribution in [0.15, 0.2) is 12.2 Å². The van der Waals surface area contributed by atoms with E-state index in [1.54, 1.807) is 0 Å². The monoisotopic (exact) mass is 207 g/mol. The molecule has 0 amide bonds. The van der Waals surface area contributed by atoms with Gasteiger partial charge in [0.25, 0.3) is 0 Å². The van der Waals surface area contributed by atoms with Crippen molar-refractivity contribution in [2.24, 2.45) is 5.92 Å². The molecule has 0 aliphatic heterocycles. The van der Waals surface area contributed by atoms with Crippen LogP contribution in [0.3, 0.4) is 0 Å². The SMILES string of the molecule is CCCCCC/C=C/CC(C#N)CCC. The number of hydrogen-bond acceptors (Lipinski definition) is 1. The van der Waals surface area contributed by atoms with Crippen LogP contribution in [0.1, 0.15) is 65.2 Å². The molecule has 0 fully saturated rings. The third kappa shape index (κ3) is 9.53. The first-order chi connectivity index (χ1) is 7.35. The van der Waals surface area contributed by atoms with Gasteiger partial charge >= 0.3 is 0 Å². The smallest absolute Gasteiger partial charge is 0.0659 e. The van der Waals surface area contributed by atoms with Crippen molar-refractivity contribution in [3.8, 4) is 6.07 Å². The van der Waals surface area contributed by atoms with Gasteiger partial charge in [-0.25, -0.2) is 0 Å². The van der Waals surface area contributed by atoms with E-state index in [1.807, 2.05) is 0 Å². The lowest BCUT2D eigenvalue weighted by Crippen LogP contribution is -1.93. The summed E-state index contributed by atoms with van der Waals surface area (Å²) in [5.41, 5.74) is 0. The summed E-state index contributed by atoms with van der Waals surface area (Å²) in [5, 5.41) is 8.85. The second-order valence-corrected chi connectivity index (χ2v) is 4.17. The summed E-state index contributed by atoms with van der Waals surface area (Å²) in [6.07, 6.45) is 14.0. The highest BCUT2D eigenvalue weighted by atomic mass is 14.3. The maximum atomic E-state index is 8.85. The van der Waals surface area contributed by atoms with Gasteiger partial charge in [-0.2, -0.15) is 5.26 Å². The summed E-state index contributed by atoms with van der Waals surface area (Å²) in [7, 11) is 0. The summed E-state index contributed by atoms with van der Waals surface area (Å²) in [4.78, 5) is 0. The Hall–Kier alpha value is -0.770. The molecule has 0 saturated heterocycles. The Kier molecular flexibility index (Phi) is 10.7. The van der Waals surface area contributed by atoms with Gasteiger partial charge in [0.1, 0.15) is 0 Å². The molecule has 1 nitrogen and oxygen atoms in total. The van der Waals surface area contributed by atoms with E-state index in [0.717, 1.165) is 19.3 Å². The number of rotatable bonds is 9. The minimum absolute atomic E-state index is 0.238. The maximum absolute atomic E-state index is 8.85. The first kappa shape index (κ1) is 14.2. The van der Waals surface area contributed by atoms with E-state index in [9.17, 15) is 0 Å². The molecule has 15 heavy (non-hydrogen) atoms. The molecular formula is C14H25N. The Balaban J connectivity index is 3.40. The average molecular weight is 207 g/mol. The molecule has 0 heterocycles. The van der Waals surface area contributed by atoms with Crippen molar-refractivity contribution in [2.75, 3.05) is 0 Å². The standard InChI is InChI=1S/C14H25N/c1-3-5-6-7-8-9-10-12-14(13-15)11-4-2/h9-10,14H,3-8,11-12H2,1-2H3/b10-9+. The molecule has 0 aliphatic carbocycles. The normalized spacial score (nSPS) is 12.9. The molecule has 0 aromatic carbocycles. The van der Waals surface area contributed by atoms with Crippen LogP contribution in [0.4, 0.5) is 0 Å². The highest BCUT2D eigenvalue weighted by Gasteiger charge is 2.01. The summed E-state index contributed by atoms with van der Waals surface area (Å²) < 4.78 is 0. The molecule has 1 atom stereocenters. The molecular weight excluding hydrogens is 182 g/mol. The van der Waals surface area contributed by atoms with Crippen LogP contribution in [0, 0.1) is 17.2 Å². The van der Waals surface area contributed by atoms with Crippen LogP contribution in [0.25, 0.3) is 0 Å². The van der Waals surface area contributed by atoms with Gasteiger partial charge in [-0.3, -0.25) is 0 Å². The van der Waals surface area contributed by atoms with Gasteiger partial charge in [0.05, 0.1) is 6.07 Å². The molecule has 1 heteroatoms. The van der Waals surface area contributed by atoms with Crippen LogP contribution in [0.2, 0.25) is 0 Å². The molecule has 1 unspecified atom stereocenters. The molecule has 0 spiro atoms. The summed E-state index contributed by atoms with van der Waals surface area (Å²) in [6.45, 7) is 4.37. The Morgan fingerprint density at radius 1 is 1.07 bits per heavy atom. The largest absolute Gasteiger partial charge is 0.198 e. The van der Waals surface area contributed by atoms with Crippen molar-refractivity contribution in [3.63, 3.8) is 0 Å². The summed E-state index contributed by atoms with van der Waals surface area (Å²) in [6, 6.07) is 2.36. The van der Waals surface area contributed by atoms with E-state index >= 15 is 0 Å². The molecule has 0 aromatic rings. The van der Waals surface area contributed by atoms with Crippen LogP contribution < -0.4 is 0 Å². The van der Waals surface area contributed by atoms with Gasteiger partial charge < -0.3 is 0 Å². The fourth-order valence-corrected chi connectivity index (χ4v) is 1.65. The quantitative estimate of drug-likeness (QED) is 0.392. The van der Waals surface area contributed by atoms with Crippen molar-refractivity contribution in [1.29, 1.82) is 5.26 Å². The van der Waals surface area contributed by atoms with E-state index < -0.39 is 0 Å². The van der Waals surface area contributed by atoms with E-state index in [0.29, 0.717) is 0 Å². The topological polar surface area (TPSA) is 23.8 Å². The van der Waals surface area contributed by atoms with Crippen LogP contribution in [-0.2, 0) is 0 Å². The first-order valence-corrected chi connectivity index (χ1v) is 6.39. The van der Waals surface area contributed by atoms with E-state index in [2.05, 4.69) is 32.1 Å². The Labute approximate surface area is 95.2 Å². The number of nitriles is 1. The van der Waals surface area contributed by atoms with E-state index in [4.69, 9.17) is 5.26 Å². The van der Waals surface area contributed by atoms with Crippen LogP contribution in [-0.4, -0.2) is 0 Å². The second kappa shape index (κ2) is 11.3. The molecule has 0 saturated carbocycles. The first-order valence-electron chi connectivity index (χ1n) is 6.39. The van der Waals surface area contributed by atoms with Crippen LogP contribution in [0.5, 0.6) is 0 Å². The molecule has 0 aliphatic rings. The van der Waals surface area contributed by atoms with Gasteiger partial charge in [-0.1, -0.05) is 51.7 Å². The number of allylic oxidation sites excluding steroid dienone is 2. The second-order valence-electron chi connectivity index (χ2n) is 4.17. The lowest BCUT2D eigenvalue weighted by atomic mass is 10.0. The van der Waals surface area contributed by atoms with Crippen molar-refractivity contribution in [3.05, 3.63) is 12.2 Å². The zero-order valence-electron chi connectivity index (χ0n) is 10.3. The lowest BCUT2D eigenvalue weighted by Gasteiger charge is -2.02. The van der Waals surface area contributed by atoms with Gasteiger partial charge in [0.2, 0.25) is 0 Å². The highest BCUT2D eigenvalue weighted by Crippen LogP contribution is 2.11. The van der Waals surface area contributed by atoms with Crippen molar-refractivity contribution in [2.45, 2.75) is 65.2 Å². The molecule has 0 rings (SSSR count). The number of nitrogens with zero attached hydrogens (tertiary/aromatic N) is 1. The van der Waals surface area contributed by atoms with Gasteiger partial charge in [0.15, 0.2) is 0 Å². The molecule has 0 bridgehead atoms. The molecule has 0 N–H and O–H groups in total. The van der Waals surface area contributed by atoms with Gasteiger partial charge in [0, 0.05) is 5.92 Å². The van der Waals surface area contributed by atoms with Crippen LogP contribution >= 0.6 is 0 Å². The summed E-state index contributed by atoms with van der Waals surface area (Å²) in [5.74, 6) is 0.238. The fraction of sp³-hybridized carbons (Fsp3) is 0.786. The zero-order valence-corrected chi connectivity index (χ0v) is 10.3. The van der Waals surface area contributed by atoms with Crippen molar-refractivity contribution in [1.82, 2.24) is 0 Å². The molecule has 86 valence electrons. The van der Waals surface area contributed by atoms with E-state index in [1.165, 1.54) is 32.1 Å². The molecule has 0 radical (unpaired) electrons. The fourth-order valence-electron chi connectivity index (χ4n) is 1.65. The summed E-state index contributed by atoms with van der Waals surface area (Å²) >= 11 is 0. The predicted octanol–water partition coefficient (Wildman–Crippen LogP) is 4.84. The Bertz CT molecular complexity index is 188. The van der Waals surface area contributed by atoms with Crippen molar-refractivity contribution >= 4 is 0 Å². The van der Waals surface area contributed by atoms with Gasteiger partial charge in [-0.15, -0.1) is 0 Å². The number of hydrogen-bond donors (Lipinski definition) is 0. The minimum Gasteiger partial charge on any atom is -0.198 e. The average Bonchev–Trinajstić information content (AvgIpc) is 2.26. The predicted molar refractivity (Wildman–Crippen MR) is 66.5 cm³/mol. The van der Waals surface area contributed by atoms with Crippen molar-refractivity contribution < 1.29 is 0 Å². The minimum atomic E-state index is 0.238. The zero-order chi connectivity index (χ0) is 11.4. The Morgan fingerprint density at radius 3 is 2.47 bits per heavy atom. The third-order valence-corrected chi connectivity index (χ3v) is 2.63. The molecule has 0 aromatic heterocycles.